The van der Waals surface area contributed by atoms with Crippen LogP contribution in [0.4, 0.5) is 5.82 Å². The highest BCUT2D eigenvalue weighted by molar-refractivity contribution is 5.24. The lowest BCUT2D eigenvalue weighted by Crippen LogP contribution is -2.51. The van der Waals surface area contributed by atoms with Crippen molar-refractivity contribution >= 4 is 5.82 Å². The molecule has 1 rings (SSSR count). The quantitative estimate of drug-likeness (QED) is 0.792. The Hall–Kier alpha value is -1.52. The smallest absolute Gasteiger partial charge is 0.368 e. The second kappa shape index (κ2) is 4.33. The fourth-order valence-electron chi connectivity index (χ4n) is 1.68. The Kier molecular flexibility index (Phi) is 3.34. The first-order chi connectivity index (χ1) is 6.93. The first kappa shape index (κ1) is 11.6. The minimum atomic E-state index is -0.336. The second-order valence-electron chi connectivity index (χ2n) is 4.05. The number of anilines is 1. The van der Waals surface area contributed by atoms with E-state index in [2.05, 4.69) is 4.98 Å². The number of nitrogens with two attached hydrogens (primary N) is 1. The molecular weight excluding hydrogens is 192 g/mol. The zero-order valence-electron chi connectivity index (χ0n) is 9.64. The Labute approximate surface area is 89.5 Å². The first-order valence-electron chi connectivity index (χ1n) is 5.07. The van der Waals surface area contributed by atoms with Gasteiger partial charge in [0, 0.05) is 18.3 Å². The topological polar surface area (TPSA) is 64.2 Å². The van der Waals surface area contributed by atoms with Crippen molar-refractivity contribution in [3.63, 3.8) is 0 Å². The van der Waals surface area contributed by atoms with Gasteiger partial charge in [-0.3, -0.25) is 0 Å². The average Bonchev–Trinajstić information content (AvgIpc) is 2.08. The molecule has 0 saturated carbocycles. The third kappa shape index (κ3) is 2.49. The van der Waals surface area contributed by atoms with Crippen LogP contribution in [0.25, 0.3) is 0 Å². The summed E-state index contributed by atoms with van der Waals surface area (Å²) in [6.07, 6.45) is 1.66. The molecule has 0 radical (unpaired) electrons. The van der Waals surface area contributed by atoms with Crippen molar-refractivity contribution in [3.05, 3.63) is 22.7 Å². The van der Waals surface area contributed by atoms with Crippen molar-refractivity contribution in [2.24, 2.45) is 0 Å². The Balaban J connectivity index is 3.18. The third-order valence-corrected chi connectivity index (χ3v) is 2.11. The predicted molar refractivity (Wildman–Crippen MR) is 61.4 cm³/mol. The van der Waals surface area contributed by atoms with Crippen LogP contribution in [0.1, 0.15) is 27.7 Å². The van der Waals surface area contributed by atoms with Gasteiger partial charge in [-0.05, 0) is 33.8 Å². The molecular formula is C10H18N4O. The minimum absolute atomic E-state index is 0.230. The van der Waals surface area contributed by atoms with Crippen LogP contribution < -0.4 is 16.4 Å². The van der Waals surface area contributed by atoms with Crippen LogP contribution in [0.2, 0.25) is 0 Å². The summed E-state index contributed by atoms with van der Waals surface area (Å²) in [6, 6.07) is 2.08. The van der Waals surface area contributed by atoms with Crippen LogP contribution in [0.3, 0.4) is 0 Å². The zero-order chi connectivity index (χ0) is 11.6. The number of nitrogen functional groups attached to an aromatic ring is 1. The molecule has 0 aliphatic carbocycles. The molecule has 1 aromatic heterocycles. The Morgan fingerprint density at radius 1 is 1.33 bits per heavy atom. The normalized spacial score (nSPS) is 11.1. The van der Waals surface area contributed by atoms with Gasteiger partial charge in [-0.1, -0.05) is 0 Å². The van der Waals surface area contributed by atoms with Crippen molar-refractivity contribution in [2.75, 3.05) is 10.7 Å². The summed E-state index contributed by atoms with van der Waals surface area (Å²) in [7, 11) is 0. The molecule has 5 nitrogen and oxygen atoms in total. The van der Waals surface area contributed by atoms with Gasteiger partial charge in [-0.25, -0.2) is 9.47 Å². The highest BCUT2D eigenvalue weighted by Gasteiger charge is 2.15. The molecule has 0 fully saturated rings. The van der Waals surface area contributed by atoms with Crippen LogP contribution in [-0.4, -0.2) is 21.7 Å². The maximum atomic E-state index is 11.6. The molecule has 1 heterocycles. The lowest BCUT2D eigenvalue weighted by molar-refractivity contribution is 0.447. The molecule has 0 amide bonds. The van der Waals surface area contributed by atoms with Crippen molar-refractivity contribution in [1.29, 1.82) is 0 Å². The van der Waals surface area contributed by atoms with Crippen molar-refractivity contribution < 1.29 is 0 Å². The van der Waals surface area contributed by atoms with Gasteiger partial charge >= 0.3 is 5.69 Å². The standard InChI is InChI=1S/C10H18N4O/c1-7(2)14(8(3)4)13-6-5-9(11)12-10(13)15/h5-8H,1-4H3,(H2,11,12,15). The van der Waals surface area contributed by atoms with E-state index in [0.29, 0.717) is 0 Å². The summed E-state index contributed by atoms with van der Waals surface area (Å²) in [5, 5.41) is 1.95. The Morgan fingerprint density at radius 2 is 1.87 bits per heavy atom. The van der Waals surface area contributed by atoms with E-state index in [1.807, 2.05) is 32.7 Å². The molecule has 0 atom stereocenters. The molecule has 0 bridgehead atoms. The summed E-state index contributed by atoms with van der Waals surface area (Å²) in [6.45, 7) is 8.12. The first-order valence-corrected chi connectivity index (χ1v) is 5.07. The Morgan fingerprint density at radius 3 is 2.27 bits per heavy atom. The van der Waals surface area contributed by atoms with Crippen LogP contribution >= 0.6 is 0 Å². The molecule has 0 saturated heterocycles. The van der Waals surface area contributed by atoms with Gasteiger partial charge < -0.3 is 10.7 Å². The highest BCUT2D eigenvalue weighted by Crippen LogP contribution is 2.02. The SMILES string of the molecule is CC(C)N(C(C)C)n1ccc(N)nc1=O. The lowest BCUT2D eigenvalue weighted by Gasteiger charge is -2.33. The van der Waals surface area contributed by atoms with Crippen molar-refractivity contribution in [1.82, 2.24) is 9.66 Å². The average molecular weight is 210 g/mol. The lowest BCUT2D eigenvalue weighted by atomic mass is 10.3. The zero-order valence-corrected chi connectivity index (χ0v) is 9.64. The van der Waals surface area contributed by atoms with Gasteiger partial charge in [-0.15, -0.1) is 0 Å². The van der Waals surface area contributed by atoms with E-state index in [0.717, 1.165) is 0 Å². The molecule has 0 aliphatic rings. The number of hydrogen-bond donors (Lipinski definition) is 1. The van der Waals surface area contributed by atoms with Crippen LogP contribution in [0.15, 0.2) is 17.1 Å². The Bertz CT molecular complexity index is 375. The fraction of sp³-hybridized carbons (Fsp3) is 0.600. The molecule has 0 aromatic carbocycles. The summed E-state index contributed by atoms with van der Waals surface area (Å²) >= 11 is 0. The maximum absolute atomic E-state index is 11.6. The summed E-state index contributed by atoms with van der Waals surface area (Å²) in [4.78, 5) is 15.3. The van der Waals surface area contributed by atoms with Gasteiger partial charge in [0.15, 0.2) is 0 Å². The second-order valence-corrected chi connectivity index (χ2v) is 4.05. The third-order valence-electron chi connectivity index (χ3n) is 2.11. The largest absolute Gasteiger partial charge is 0.383 e. The van der Waals surface area contributed by atoms with E-state index in [4.69, 9.17) is 5.73 Å². The van der Waals surface area contributed by atoms with Gasteiger partial charge in [0.05, 0.1) is 0 Å². The molecule has 1 aromatic rings. The van der Waals surface area contributed by atoms with Gasteiger partial charge in [-0.2, -0.15) is 4.98 Å². The highest BCUT2D eigenvalue weighted by atomic mass is 16.2. The molecule has 2 N–H and O–H groups in total. The fourth-order valence-corrected chi connectivity index (χ4v) is 1.68. The number of aromatic nitrogens is 2. The molecule has 0 spiro atoms. The summed E-state index contributed by atoms with van der Waals surface area (Å²) in [5.41, 5.74) is 5.10. The monoisotopic (exact) mass is 210 g/mol. The molecule has 5 heteroatoms. The van der Waals surface area contributed by atoms with E-state index >= 15 is 0 Å². The minimum Gasteiger partial charge on any atom is -0.383 e. The summed E-state index contributed by atoms with van der Waals surface area (Å²) in [5.74, 6) is 0.253. The number of nitrogens with zero attached hydrogens (tertiary/aromatic N) is 3. The van der Waals surface area contributed by atoms with Gasteiger partial charge in [0.1, 0.15) is 5.82 Å². The molecule has 0 aliphatic heterocycles. The van der Waals surface area contributed by atoms with Crippen LogP contribution in [0, 0.1) is 0 Å². The van der Waals surface area contributed by atoms with Gasteiger partial charge in [0.2, 0.25) is 0 Å². The molecule has 0 unspecified atom stereocenters. The summed E-state index contributed by atoms with van der Waals surface area (Å²) < 4.78 is 1.51. The predicted octanol–water partition coefficient (Wildman–Crippen LogP) is 0.580. The number of rotatable bonds is 3. The maximum Gasteiger partial charge on any atom is 0.368 e. The van der Waals surface area contributed by atoms with Crippen LogP contribution in [-0.2, 0) is 0 Å². The van der Waals surface area contributed by atoms with Gasteiger partial charge in [0.25, 0.3) is 0 Å². The van der Waals surface area contributed by atoms with Crippen molar-refractivity contribution in [2.45, 2.75) is 39.8 Å². The van der Waals surface area contributed by atoms with E-state index in [-0.39, 0.29) is 23.6 Å². The van der Waals surface area contributed by atoms with Crippen LogP contribution in [0.5, 0.6) is 0 Å². The number of hydrogen-bond acceptors (Lipinski definition) is 4. The van der Waals surface area contributed by atoms with E-state index in [1.165, 1.54) is 4.68 Å². The van der Waals surface area contributed by atoms with E-state index < -0.39 is 0 Å². The van der Waals surface area contributed by atoms with E-state index in [9.17, 15) is 4.79 Å². The molecule has 15 heavy (non-hydrogen) atoms. The van der Waals surface area contributed by atoms with Crippen molar-refractivity contribution in [3.8, 4) is 0 Å². The molecule has 84 valence electrons. The van der Waals surface area contributed by atoms with E-state index in [1.54, 1.807) is 12.3 Å².